The van der Waals surface area contributed by atoms with Gasteiger partial charge in [0, 0.05) is 6.61 Å². The van der Waals surface area contributed by atoms with Gasteiger partial charge in [-0.05, 0) is 50.9 Å². The van der Waals surface area contributed by atoms with Crippen LogP contribution in [0.5, 0.6) is 0 Å². The fraction of sp³-hybridized carbons (Fsp3) is 0.944. The second kappa shape index (κ2) is 28.7. The van der Waals surface area contributed by atoms with Gasteiger partial charge in [0.15, 0.2) is 0 Å². The van der Waals surface area contributed by atoms with E-state index in [1.54, 1.807) is 0 Å². The maximum absolute atomic E-state index is 5.92. The first kappa shape index (κ1) is 34.7. The molecule has 1 heteroatoms. The minimum atomic E-state index is 0.607. The summed E-state index contributed by atoms with van der Waals surface area (Å²) < 4.78 is 5.92. The Morgan fingerprint density at radius 2 is 0.811 bits per heavy atom. The fourth-order valence-electron chi connectivity index (χ4n) is 6.04. The monoisotopic (exact) mass is 519 g/mol. The zero-order chi connectivity index (χ0) is 26.5. The van der Waals surface area contributed by atoms with Gasteiger partial charge in [0.25, 0.3) is 0 Å². The van der Waals surface area contributed by atoms with Gasteiger partial charge in [0.2, 0.25) is 0 Å². The number of allylic oxidation sites excluding steroid dienone is 2. The first-order chi connectivity index (χ1) is 18.4. The summed E-state index contributed by atoms with van der Waals surface area (Å²) in [5.74, 6) is 0.855. The number of rotatable bonds is 30. The van der Waals surface area contributed by atoms with E-state index < -0.39 is 0 Å². The second-order valence-corrected chi connectivity index (χ2v) is 12.4. The summed E-state index contributed by atoms with van der Waals surface area (Å²) in [5.41, 5.74) is 0. The topological polar surface area (TPSA) is 9.23 Å². The van der Waals surface area contributed by atoms with E-state index in [1.165, 1.54) is 186 Å². The first-order valence-corrected chi connectivity index (χ1v) is 17.6. The number of hydrogen-bond acceptors (Lipinski definition) is 1. The molecule has 37 heavy (non-hydrogen) atoms. The minimum absolute atomic E-state index is 0.607. The van der Waals surface area contributed by atoms with Gasteiger partial charge < -0.3 is 4.74 Å². The van der Waals surface area contributed by atoms with Gasteiger partial charge >= 0.3 is 0 Å². The molecule has 1 rings (SSSR count). The van der Waals surface area contributed by atoms with Crippen LogP contribution < -0.4 is 0 Å². The molecule has 1 aliphatic heterocycles. The normalized spacial score (nSPS) is 16.4. The maximum Gasteiger partial charge on any atom is 0.0625 e. The van der Waals surface area contributed by atoms with Gasteiger partial charge in [0.1, 0.15) is 0 Å². The Kier molecular flexibility index (Phi) is 26.9. The van der Waals surface area contributed by atoms with Crippen LogP contribution in [0.25, 0.3) is 0 Å². The molecule has 1 fully saturated rings. The Hall–Kier alpha value is -0.300. The van der Waals surface area contributed by atoms with Crippen molar-refractivity contribution < 1.29 is 4.74 Å². The van der Waals surface area contributed by atoms with Crippen LogP contribution in [0.2, 0.25) is 0 Å². The molecule has 1 nitrogen and oxygen atoms in total. The molecular formula is C36H70O. The van der Waals surface area contributed by atoms with Gasteiger partial charge in [-0.2, -0.15) is 0 Å². The van der Waals surface area contributed by atoms with Crippen molar-refractivity contribution in [3.05, 3.63) is 12.2 Å². The average molecular weight is 519 g/mol. The predicted octanol–water partition coefficient (Wildman–Crippen LogP) is 12.9. The highest BCUT2D eigenvalue weighted by Gasteiger charge is 2.27. The summed E-state index contributed by atoms with van der Waals surface area (Å²) in [5, 5.41) is 0. The van der Waals surface area contributed by atoms with Crippen LogP contribution in [0, 0.1) is 5.92 Å². The molecule has 220 valence electrons. The van der Waals surface area contributed by atoms with Crippen molar-refractivity contribution in [2.24, 2.45) is 5.92 Å². The minimum Gasteiger partial charge on any atom is -0.378 e. The van der Waals surface area contributed by atoms with Crippen LogP contribution in [-0.2, 0) is 4.74 Å². The summed E-state index contributed by atoms with van der Waals surface area (Å²) >= 11 is 0. The van der Waals surface area contributed by atoms with Crippen molar-refractivity contribution in [3.63, 3.8) is 0 Å². The van der Waals surface area contributed by atoms with Crippen molar-refractivity contribution >= 4 is 0 Å². The Morgan fingerprint density at radius 3 is 1.14 bits per heavy atom. The van der Waals surface area contributed by atoms with E-state index in [9.17, 15) is 0 Å². The zero-order valence-electron chi connectivity index (χ0n) is 25.9. The Bertz CT molecular complexity index is 452. The lowest BCUT2D eigenvalue weighted by atomic mass is 9.86. The quantitative estimate of drug-likeness (QED) is 0.0678. The van der Waals surface area contributed by atoms with E-state index in [-0.39, 0.29) is 0 Å². The van der Waals surface area contributed by atoms with E-state index in [4.69, 9.17) is 4.74 Å². The van der Waals surface area contributed by atoms with Crippen LogP contribution in [0.4, 0.5) is 0 Å². The molecule has 0 aliphatic carbocycles. The summed E-state index contributed by atoms with van der Waals surface area (Å²) in [4.78, 5) is 0. The van der Waals surface area contributed by atoms with Crippen LogP contribution >= 0.6 is 0 Å². The lowest BCUT2D eigenvalue weighted by Crippen LogP contribution is -2.34. The van der Waals surface area contributed by atoms with E-state index in [2.05, 4.69) is 26.0 Å². The third-order valence-corrected chi connectivity index (χ3v) is 8.78. The van der Waals surface area contributed by atoms with Crippen LogP contribution in [-0.4, -0.2) is 12.7 Å². The third-order valence-electron chi connectivity index (χ3n) is 8.78. The highest BCUT2D eigenvalue weighted by molar-refractivity contribution is 4.81. The molecule has 0 aromatic carbocycles. The molecule has 0 aromatic rings. The molecule has 0 spiro atoms. The van der Waals surface area contributed by atoms with E-state index >= 15 is 0 Å². The second-order valence-electron chi connectivity index (χ2n) is 12.4. The van der Waals surface area contributed by atoms with Crippen molar-refractivity contribution in [1.29, 1.82) is 0 Å². The van der Waals surface area contributed by atoms with Crippen molar-refractivity contribution in [2.75, 3.05) is 6.61 Å². The Morgan fingerprint density at radius 1 is 0.486 bits per heavy atom. The smallest absolute Gasteiger partial charge is 0.0625 e. The third kappa shape index (κ3) is 23.3. The van der Waals surface area contributed by atoms with Gasteiger partial charge in [-0.15, -0.1) is 0 Å². The molecular weight excluding hydrogens is 448 g/mol. The molecule has 0 amide bonds. The summed E-state index contributed by atoms with van der Waals surface area (Å²) in [6, 6.07) is 0. The molecule has 2 atom stereocenters. The molecule has 1 saturated heterocycles. The lowest BCUT2D eigenvalue weighted by Gasteiger charge is -2.34. The van der Waals surface area contributed by atoms with Crippen LogP contribution in [0.15, 0.2) is 12.2 Å². The predicted molar refractivity (Wildman–Crippen MR) is 168 cm³/mol. The largest absolute Gasteiger partial charge is 0.378 e. The molecule has 0 aromatic heterocycles. The number of unbranched alkanes of at least 4 members (excludes halogenated alkanes) is 23. The van der Waals surface area contributed by atoms with Crippen LogP contribution in [0.1, 0.15) is 200 Å². The molecule has 1 heterocycles. The van der Waals surface area contributed by atoms with E-state index in [1.807, 2.05) is 0 Å². The van der Waals surface area contributed by atoms with E-state index in [0.717, 1.165) is 12.5 Å². The highest BCUT2D eigenvalue weighted by Crippen LogP contribution is 2.30. The van der Waals surface area contributed by atoms with Crippen molar-refractivity contribution in [2.45, 2.75) is 206 Å². The van der Waals surface area contributed by atoms with Crippen LogP contribution in [0.3, 0.4) is 0 Å². The molecule has 0 saturated carbocycles. The molecule has 1 aliphatic rings. The van der Waals surface area contributed by atoms with Gasteiger partial charge in [-0.3, -0.25) is 0 Å². The van der Waals surface area contributed by atoms with E-state index in [0.29, 0.717) is 6.10 Å². The lowest BCUT2D eigenvalue weighted by molar-refractivity contribution is -0.0890. The zero-order valence-corrected chi connectivity index (χ0v) is 25.9. The summed E-state index contributed by atoms with van der Waals surface area (Å²) in [6.07, 6.45) is 46.8. The first-order valence-electron chi connectivity index (χ1n) is 17.6. The maximum atomic E-state index is 5.92. The standard InChI is InChI=1S/C36H70O/c1-3-5-7-9-11-13-15-17-18-19-20-22-24-26-28-30-32-35(36-33-34-37-36)31-29-27-25-23-21-16-14-12-10-8-6-4-2/h17-18,35-36H,3-16,19-34H2,1-2H3/b18-17-. The van der Waals surface area contributed by atoms with Gasteiger partial charge in [0.05, 0.1) is 6.10 Å². The SMILES string of the molecule is CCCCCCCC/C=C\CCCCCCCCC(CCCCCCCCCCCCCC)C1CCO1. The van der Waals surface area contributed by atoms with Crippen molar-refractivity contribution in [1.82, 2.24) is 0 Å². The molecule has 0 bridgehead atoms. The highest BCUT2D eigenvalue weighted by atomic mass is 16.5. The average Bonchev–Trinajstić information content (AvgIpc) is 2.87. The number of hydrogen-bond donors (Lipinski definition) is 0. The fourth-order valence-corrected chi connectivity index (χ4v) is 6.04. The summed E-state index contributed by atoms with van der Waals surface area (Å²) in [6.45, 7) is 5.62. The molecule has 2 unspecified atom stereocenters. The summed E-state index contributed by atoms with van der Waals surface area (Å²) in [7, 11) is 0. The van der Waals surface area contributed by atoms with Gasteiger partial charge in [-0.1, -0.05) is 167 Å². The molecule has 0 radical (unpaired) electrons. The molecule has 0 N–H and O–H groups in total. The Labute approximate surface area is 235 Å². The Balaban J connectivity index is 1.88. The number of ether oxygens (including phenoxy) is 1. The van der Waals surface area contributed by atoms with Gasteiger partial charge in [-0.25, -0.2) is 0 Å². The van der Waals surface area contributed by atoms with Crippen molar-refractivity contribution in [3.8, 4) is 0 Å².